The maximum absolute atomic E-state index is 13.4. The van der Waals surface area contributed by atoms with Crippen molar-refractivity contribution in [3.63, 3.8) is 0 Å². The molecule has 0 atom stereocenters. The molecule has 0 amide bonds. The van der Waals surface area contributed by atoms with Gasteiger partial charge in [-0.3, -0.25) is 14.8 Å². The second kappa shape index (κ2) is 6.76. The molecule has 0 spiro atoms. The average Bonchev–Trinajstić information content (AvgIpc) is 2.96. The zero-order chi connectivity index (χ0) is 19.8. The van der Waals surface area contributed by atoms with Crippen molar-refractivity contribution in [1.29, 1.82) is 0 Å². The molecule has 8 nitrogen and oxygen atoms in total. The molecule has 1 aromatic heterocycles. The van der Waals surface area contributed by atoms with Crippen LogP contribution < -0.4 is 4.72 Å². The summed E-state index contributed by atoms with van der Waals surface area (Å²) in [5.41, 5.74) is 0.708. The van der Waals surface area contributed by atoms with Crippen LogP contribution in [0, 0.1) is 28.7 Å². The SMILES string of the molecule is Cc1cc(NS(=O)(=O)c2ccc(F)c(F)c2)n(-c2ccc([N+](=O)[O-])cc2)n1. The maximum Gasteiger partial charge on any atom is 0.269 e. The fourth-order valence-corrected chi connectivity index (χ4v) is 3.37. The highest BCUT2D eigenvalue weighted by molar-refractivity contribution is 7.92. The van der Waals surface area contributed by atoms with Crippen LogP contribution in [0.15, 0.2) is 53.4 Å². The van der Waals surface area contributed by atoms with Crippen LogP contribution in [0.2, 0.25) is 0 Å². The lowest BCUT2D eigenvalue weighted by atomic mass is 10.3. The molecule has 0 aliphatic heterocycles. The summed E-state index contributed by atoms with van der Waals surface area (Å²) in [6, 6.07) is 8.94. The fourth-order valence-electron chi connectivity index (χ4n) is 2.33. The molecule has 0 saturated carbocycles. The number of nitrogens with zero attached hydrogens (tertiary/aromatic N) is 3. The number of halogens is 2. The number of aromatic nitrogens is 2. The highest BCUT2D eigenvalue weighted by Crippen LogP contribution is 2.23. The number of nitro benzene ring substituents is 1. The van der Waals surface area contributed by atoms with Gasteiger partial charge in [-0.2, -0.15) is 5.10 Å². The van der Waals surface area contributed by atoms with Gasteiger partial charge in [0, 0.05) is 18.2 Å². The number of nitrogens with one attached hydrogen (secondary N) is 1. The Morgan fingerprint density at radius 1 is 1.07 bits per heavy atom. The topological polar surface area (TPSA) is 107 Å². The zero-order valence-electron chi connectivity index (χ0n) is 13.8. The van der Waals surface area contributed by atoms with Gasteiger partial charge >= 0.3 is 0 Å². The van der Waals surface area contributed by atoms with E-state index in [1.165, 1.54) is 35.0 Å². The minimum Gasteiger partial charge on any atom is -0.263 e. The predicted octanol–water partition coefficient (Wildman–Crippen LogP) is 3.17. The van der Waals surface area contributed by atoms with Crippen LogP contribution >= 0.6 is 0 Å². The Morgan fingerprint density at radius 2 is 1.74 bits per heavy atom. The van der Waals surface area contributed by atoms with Gasteiger partial charge in [0.05, 0.1) is 21.2 Å². The number of non-ortho nitro benzene ring substituents is 1. The summed E-state index contributed by atoms with van der Waals surface area (Å²) in [5, 5.41) is 14.9. The highest BCUT2D eigenvalue weighted by atomic mass is 32.2. The lowest BCUT2D eigenvalue weighted by molar-refractivity contribution is -0.384. The summed E-state index contributed by atoms with van der Waals surface area (Å²) in [7, 11) is -4.22. The van der Waals surface area contributed by atoms with Crippen molar-refractivity contribution in [2.24, 2.45) is 0 Å². The van der Waals surface area contributed by atoms with E-state index in [2.05, 4.69) is 9.82 Å². The van der Waals surface area contributed by atoms with Crippen molar-refractivity contribution in [2.75, 3.05) is 4.72 Å². The molecule has 0 bridgehead atoms. The number of aryl methyl sites for hydroxylation is 1. The smallest absolute Gasteiger partial charge is 0.263 e. The summed E-state index contributed by atoms with van der Waals surface area (Å²) < 4.78 is 54.8. The highest BCUT2D eigenvalue weighted by Gasteiger charge is 2.20. The predicted molar refractivity (Wildman–Crippen MR) is 92.1 cm³/mol. The van der Waals surface area contributed by atoms with Crippen LogP contribution in [0.3, 0.4) is 0 Å². The van der Waals surface area contributed by atoms with E-state index in [1.807, 2.05) is 0 Å². The molecule has 0 unspecified atom stereocenters. The summed E-state index contributed by atoms with van der Waals surface area (Å²) in [4.78, 5) is 9.72. The fraction of sp³-hybridized carbons (Fsp3) is 0.0625. The van der Waals surface area contributed by atoms with E-state index in [4.69, 9.17) is 0 Å². The molecule has 11 heteroatoms. The number of nitro groups is 1. The van der Waals surface area contributed by atoms with Crippen LogP contribution in [0.25, 0.3) is 5.69 Å². The zero-order valence-corrected chi connectivity index (χ0v) is 14.6. The molecule has 3 rings (SSSR count). The van der Waals surface area contributed by atoms with Crippen molar-refractivity contribution in [3.05, 3.63) is 76.0 Å². The van der Waals surface area contributed by atoms with Crippen LogP contribution in [-0.4, -0.2) is 23.1 Å². The second-order valence-electron chi connectivity index (χ2n) is 5.54. The van der Waals surface area contributed by atoms with E-state index in [0.717, 1.165) is 6.07 Å². The number of rotatable bonds is 5. The molecule has 0 radical (unpaired) electrons. The summed E-state index contributed by atoms with van der Waals surface area (Å²) in [5.74, 6) is -2.43. The van der Waals surface area contributed by atoms with Crippen LogP contribution in [0.4, 0.5) is 20.3 Å². The molecule has 140 valence electrons. The summed E-state index contributed by atoms with van der Waals surface area (Å²) >= 11 is 0. The van der Waals surface area contributed by atoms with E-state index in [0.29, 0.717) is 23.5 Å². The number of hydrogen-bond donors (Lipinski definition) is 1. The number of anilines is 1. The van der Waals surface area contributed by atoms with E-state index in [-0.39, 0.29) is 11.5 Å². The molecule has 0 saturated heterocycles. The Balaban J connectivity index is 1.98. The van der Waals surface area contributed by atoms with Gasteiger partial charge in [0.25, 0.3) is 15.7 Å². The minimum atomic E-state index is -4.22. The largest absolute Gasteiger partial charge is 0.269 e. The first-order valence-corrected chi connectivity index (χ1v) is 8.95. The summed E-state index contributed by atoms with van der Waals surface area (Å²) in [6.45, 7) is 1.62. The Bertz CT molecular complexity index is 1130. The van der Waals surface area contributed by atoms with Crippen LogP contribution in [0.5, 0.6) is 0 Å². The van der Waals surface area contributed by atoms with Crippen LogP contribution in [0.1, 0.15) is 5.69 Å². The van der Waals surface area contributed by atoms with Gasteiger partial charge < -0.3 is 0 Å². The third kappa shape index (κ3) is 3.77. The standard InChI is InChI=1S/C16H12F2N4O4S/c1-10-8-16(20-27(25,26)13-6-7-14(17)15(18)9-13)21(19-10)11-2-4-12(5-3-11)22(23)24/h2-9,20H,1H3. The van der Waals surface area contributed by atoms with Crippen molar-refractivity contribution in [1.82, 2.24) is 9.78 Å². The number of benzene rings is 2. The first-order chi connectivity index (χ1) is 12.7. The quantitative estimate of drug-likeness (QED) is 0.528. The average molecular weight is 394 g/mol. The minimum absolute atomic E-state index is 0.0334. The first kappa shape index (κ1) is 18.5. The molecule has 1 N–H and O–H groups in total. The first-order valence-electron chi connectivity index (χ1n) is 7.47. The van der Waals surface area contributed by atoms with Crippen molar-refractivity contribution in [2.45, 2.75) is 11.8 Å². The number of sulfonamides is 1. The molecule has 3 aromatic rings. The lowest BCUT2D eigenvalue weighted by Gasteiger charge is -2.11. The summed E-state index contributed by atoms with van der Waals surface area (Å²) in [6.07, 6.45) is 0. The lowest BCUT2D eigenvalue weighted by Crippen LogP contribution is -2.16. The Morgan fingerprint density at radius 3 is 2.33 bits per heavy atom. The van der Waals surface area contributed by atoms with Crippen LogP contribution in [-0.2, 0) is 10.0 Å². The van der Waals surface area contributed by atoms with E-state index >= 15 is 0 Å². The van der Waals surface area contributed by atoms with Crippen molar-refractivity contribution >= 4 is 21.5 Å². The Hall–Kier alpha value is -3.34. The van der Waals surface area contributed by atoms with Gasteiger partial charge in [-0.15, -0.1) is 0 Å². The van der Waals surface area contributed by atoms with Gasteiger partial charge in [-0.25, -0.2) is 21.9 Å². The van der Waals surface area contributed by atoms with Crippen molar-refractivity contribution in [3.8, 4) is 5.69 Å². The second-order valence-corrected chi connectivity index (χ2v) is 7.22. The van der Waals surface area contributed by atoms with Gasteiger partial charge in [0.2, 0.25) is 0 Å². The third-order valence-electron chi connectivity index (χ3n) is 3.58. The normalized spacial score (nSPS) is 11.4. The molecular weight excluding hydrogens is 382 g/mol. The molecular formula is C16H12F2N4O4S. The molecule has 27 heavy (non-hydrogen) atoms. The monoisotopic (exact) mass is 394 g/mol. The number of hydrogen-bond acceptors (Lipinski definition) is 5. The Labute approximate surface area is 152 Å². The third-order valence-corrected chi connectivity index (χ3v) is 4.93. The van der Waals surface area contributed by atoms with Gasteiger partial charge in [0.15, 0.2) is 11.6 Å². The molecule has 0 aliphatic carbocycles. The molecule has 0 aliphatic rings. The van der Waals surface area contributed by atoms with Crippen molar-refractivity contribution < 1.29 is 22.1 Å². The van der Waals surface area contributed by atoms with Gasteiger partial charge in [-0.1, -0.05) is 0 Å². The maximum atomic E-state index is 13.4. The molecule has 2 aromatic carbocycles. The van der Waals surface area contributed by atoms with E-state index < -0.39 is 31.5 Å². The van der Waals surface area contributed by atoms with E-state index in [1.54, 1.807) is 6.92 Å². The Kier molecular flexibility index (Phi) is 4.62. The van der Waals surface area contributed by atoms with Gasteiger partial charge in [0.1, 0.15) is 5.82 Å². The van der Waals surface area contributed by atoms with Gasteiger partial charge in [-0.05, 0) is 37.3 Å². The molecule has 1 heterocycles. The molecule has 0 fully saturated rings. The van der Waals surface area contributed by atoms with E-state index in [9.17, 15) is 27.3 Å².